The molecule has 96 valence electrons. The summed E-state index contributed by atoms with van der Waals surface area (Å²) >= 11 is 0. The van der Waals surface area contributed by atoms with E-state index in [2.05, 4.69) is 15.3 Å². The minimum Gasteiger partial charge on any atom is -0.483 e. The van der Waals surface area contributed by atoms with Gasteiger partial charge in [0.25, 0.3) is 5.91 Å². The molecule has 1 amide bonds. The van der Waals surface area contributed by atoms with Crippen LogP contribution in [-0.4, -0.2) is 25.6 Å². The predicted octanol–water partition coefficient (Wildman–Crippen LogP) is 2.11. The van der Waals surface area contributed by atoms with E-state index >= 15 is 0 Å². The Kier molecular flexibility index (Phi) is 5.54. The lowest BCUT2D eigenvalue weighted by Gasteiger charge is -2.11. The van der Waals surface area contributed by atoms with E-state index in [1.54, 1.807) is 0 Å². The Bertz CT molecular complexity index is 447. The molecule has 0 aliphatic carbocycles. The van der Waals surface area contributed by atoms with Crippen molar-refractivity contribution >= 4 is 5.91 Å². The van der Waals surface area contributed by atoms with Crippen LogP contribution in [0.5, 0.6) is 5.75 Å². The smallest absolute Gasteiger partial charge is 0.257 e. The average Bonchev–Trinajstić information content (AvgIpc) is 2.34. The molecule has 0 fully saturated rings. The van der Waals surface area contributed by atoms with E-state index in [0.717, 1.165) is 16.9 Å². The molecule has 0 unspecified atom stereocenters. The molecule has 0 aliphatic heterocycles. The number of rotatable bonds is 6. The quantitative estimate of drug-likeness (QED) is 0.361. The molecule has 1 rings (SSSR count). The van der Waals surface area contributed by atoms with Gasteiger partial charge in [-0.25, -0.2) is 0 Å². The van der Waals surface area contributed by atoms with Crippen LogP contribution in [0, 0.1) is 13.8 Å². The van der Waals surface area contributed by atoms with E-state index in [9.17, 15) is 4.79 Å². The third-order valence-corrected chi connectivity index (χ3v) is 2.35. The van der Waals surface area contributed by atoms with Gasteiger partial charge in [0, 0.05) is 18.0 Å². The van der Waals surface area contributed by atoms with E-state index in [0.29, 0.717) is 6.54 Å². The zero-order valence-corrected chi connectivity index (χ0v) is 10.5. The Morgan fingerprint density at radius 2 is 2.11 bits per heavy atom. The standard InChI is InChI=1S/C12H16N4O2/c1-9-4-3-5-10(2)12(9)18-8-11(17)14-6-7-15-16-13/h3-5H,6-8H2,1-2H3,(H,14,17). The van der Waals surface area contributed by atoms with Crippen LogP contribution >= 0.6 is 0 Å². The number of benzene rings is 1. The largest absolute Gasteiger partial charge is 0.483 e. The molecule has 0 radical (unpaired) electrons. The second kappa shape index (κ2) is 7.19. The lowest BCUT2D eigenvalue weighted by atomic mass is 10.1. The summed E-state index contributed by atoms with van der Waals surface area (Å²) in [6.07, 6.45) is 0. The molecule has 18 heavy (non-hydrogen) atoms. The van der Waals surface area contributed by atoms with Gasteiger partial charge in [0.2, 0.25) is 0 Å². The summed E-state index contributed by atoms with van der Waals surface area (Å²) in [5.41, 5.74) is 10.1. The number of nitrogens with zero attached hydrogens (tertiary/aromatic N) is 3. The van der Waals surface area contributed by atoms with Gasteiger partial charge in [-0.05, 0) is 30.5 Å². The van der Waals surface area contributed by atoms with Gasteiger partial charge in [-0.15, -0.1) is 0 Å². The van der Waals surface area contributed by atoms with Crippen LogP contribution in [0.3, 0.4) is 0 Å². The van der Waals surface area contributed by atoms with Gasteiger partial charge < -0.3 is 10.1 Å². The maximum atomic E-state index is 11.4. The highest BCUT2D eigenvalue weighted by Crippen LogP contribution is 2.21. The fourth-order valence-electron chi connectivity index (χ4n) is 1.51. The van der Waals surface area contributed by atoms with Crippen molar-refractivity contribution in [2.45, 2.75) is 13.8 Å². The first-order chi connectivity index (χ1) is 8.65. The fourth-order valence-corrected chi connectivity index (χ4v) is 1.51. The van der Waals surface area contributed by atoms with Gasteiger partial charge in [-0.3, -0.25) is 4.79 Å². The molecule has 0 bridgehead atoms. The number of nitrogens with one attached hydrogen (secondary N) is 1. The highest BCUT2D eigenvalue weighted by Gasteiger charge is 2.06. The second-order valence-corrected chi connectivity index (χ2v) is 3.81. The molecule has 0 saturated carbocycles. The molecule has 1 aromatic rings. The number of ether oxygens (including phenoxy) is 1. The lowest BCUT2D eigenvalue weighted by molar-refractivity contribution is -0.123. The number of hydrogen-bond acceptors (Lipinski definition) is 3. The van der Waals surface area contributed by atoms with Crippen LogP contribution in [0.1, 0.15) is 11.1 Å². The zero-order valence-electron chi connectivity index (χ0n) is 10.5. The first-order valence-corrected chi connectivity index (χ1v) is 5.61. The first kappa shape index (κ1) is 13.9. The second-order valence-electron chi connectivity index (χ2n) is 3.81. The number of carbonyl (C=O) groups is 1. The van der Waals surface area contributed by atoms with Gasteiger partial charge in [-0.2, -0.15) is 0 Å². The van der Waals surface area contributed by atoms with Crippen LogP contribution in [0.25, 0.3) is 10.4 Å². The minimum atomic E-state index is -0.231. The van der Waals surface area contributed by atoms with Crippen molar-refractivity contribution in [1.29, 1.82) is 0 Å². The fraction of sp³-hybridized carbons (Fsp3) is 0.417. The summed E-state index contributed by atoms with van der Waals surface area (Å²) < 4.78 is 5.47. The van der Waals surface area contributed by atoms with Crippen molar-refractivity contribution in [3.63, 3.8) is 0 Å². The van der Waals surface area contributed by atoms with Gasteiger partial charge in [0.15, 0.2) is 6.61 Å². The lowest BCUT2D eigenvalue weighted by Crippen LogP contribution is -2.30. The van der Waals surface area contributed by atoms with Crippen molar-refractivity contribution in [2.75, 3.05) is 19.7 Å². The minimum absolute atomic E-state index is 0.0397. The molecule has 0 aromatic heterocycles. The molecule has 0 saturated heterocycles. The first-order valence-electron chi connectivity index (χ1n) is 5.61. The monoisotopic (exact) mass is 248 g/mol. The number of amides is 1. The molecule has 0 aliphatic rings. The van der Waals surface area contributed by atoms with Crippen molar-refractivity contribution in [3.05, 3.63) is 39.8 Å². The van der Waals surface area contributed by atoms with Gasteiger partial charge in [-0.1, -0.05) is 23.3 Å². The maximum Gasteiger partial charge on any atom is 0.257 e. The summed E-state index contributed by atoms with van der Waals surface area (Å²) in [4.78, 5) is 14.0. The van der Waals surface area contributed by atoms with Crippen LogP contribution in [-0.2, 0) is 4.79 Å². The van der Waals surface area contributed by atoms with E-state index in [-0.39, 0.29) is 19.1 Å². The topological polar surface area (TPSA) is 87.1 Å². The molecular weight excluding hydrogens is 232 g/mol. The summed E-state index contributed by atoms with van der Waals surface area (Å²) in [6, 6.07) is 5.81. The molecule has 0 spiro atoms. The molecule has 6 heteroatoms. The van der Waals surface area contributed by atoms with Crippen molar-refractivity contribution < 1.29 is 9.53 Å². The summed E-state index contributed by atoms with van der Waals surface area (Å²) in [6.45, 7) is 4.39. The summed E-state index contributed by atoms with van der Waals surface area (Å²) in [7, 11) is 0. The average molecular weight is 248 g/mol. The number of carbonyl (C=O) groups excluding carboxylic acids is 1. The molecule has 6 nitrogen and oxygen atoms in total. The molecule has 1 aromatic carbocycles. The van der Waals surface area contributed by atoms with Crippen LogP contribution in [0.4, 0.5) is 0 Å². The Labute approximate surface area is 106 Å². The predicted molar refractivity (Wildman–Crippen MR) is 68.4 cm³/mol. The van der Waals surface area contributed by atoms with Crippen molar-refractivity contribution in [1.82, 2.24) is 5.32 Å². The molecule has 0 atom stereocenters. The molecule has 1 N–H and O–H groups in total. The van der Waals surface area contributed by atoms with E-state index in [1.165, 1.54) is 0 Å². The SMILES string of the molecule is Cc1cccc(C)c1OCC(=O)NCCN=[N+]=[N-]. The Morgan fingerprint density at radius 1 is 1.44 bits per heavy atom. The van der Waals surface area contributed by atoms with Crippen LogP contribution < -0.4 is 10.1 Å². The van der Waals surface area contributed by atoms with Crippen molar-refractivity contribution in [3.8, 4) is 5.75 Å². The third kappa shape index (κ3) is 4.35. The van der Waals surface area contributed by atoms with E-state index in [4.69, 9.17) is 10.3 Å². The Balaban J connectivity index is 2.40. The van der Waals surface area contributed by atoms with Crippen LogP contribution in [0.15, 0.2) is 23.3 Å². The summed E-state index contributed by atoms with van der Waals surface area (Å²) in [5, 5.41) is 5.91. The van der Waals surface area contributed by atoms with E-state index in [1.807, 2.05) is 32.0 Å². The number of hydrogen-bond donors (Lipinski definition) is 1. The van der Waals surface area contributed by atoms with Gasteiger partial charge in [0.05, 0.1) is 0 Å². The zero-order chi connectivity index (χ0) is 13.4. The van der Waals surface area contributed by atoms with E-state index < -0.39 is 0 Å². The van der Waals surface area contributed by atoms with Gasteiger partial charge >= 0.3 is 0 Å². The van der Waals surface area contributed by atoms with Crippen LogP contribution in [0.2, 0.25) is 0 Å². The highest BCUT2D eigenvalue weighted by atomic mass is 16.5. The third-order valence-electron chi connectivity index (χ3n) is 2.35. The molecule has 0 heterocycles. The Hall–Kier alpha value is -2.20. The van der Waals surface area contributed by atoms with Crippen molar-refractivity contribution in [2.24, 2.45) is 5.11 Å². The summed E-state index contributed by atoms with van der Waals surface area (Å²) in [5.74, 6) is 0.508. The maximum absolute atomic E-state index is 11.4. The highest BCUT2D eigenvalue weighted by molar-refractivity contribution is 5.77. The number of aryl methyl sites for hydroxylation is 2. The van der Waals surface area contributed by atoms with Gasteiger partial charge in [0.1, 0.15) is 5.75 Å². The number of para-hydroxylation sites is 1. The number of azide groups is 1. The molecular formula is C12H16N4O2. The Morgan fingerprint density at radius 3 is 2.72 bits per heavy atom. The normalized spacial score (nSPS) is 9.44.